The first-order valence-corrected chi connectivity index (χ1v) is 8.91. The van der Waals surface area contributed by atoms with Crippen LogP contribution in [0.5, 0.6) is 5.88 Å². The molecule has 31 heavy (non-hydrogen) atoms. The van der Waals surface area contributed by atoms with E-state index in [4.69, 9.17) is 0 Å². The maximum absolute atomic E-state index is 13.7. The third-order valence-electron chi connectivity index (χ3n) is 4.75. The number of carbonyl (C=O) groups excluding carboxylic acids is 2. The van der Waals surface area contributed by atoms with E-state index in [0.29, 0.717) is 29.3 Å². The standard InChI is InChI=1S/C21H13F4N3O3/c22-13-7-11(6-12(9-13)21(23,24)25)19(30)27-15-3-1-2-14-17(15)18(28-20(14)31)10-4-5-26-16(29)8-10/h1-9,18H,(H,26,29)(H,27,30)(H,28,31). The summed E-state index contributed by atoms with van der Waals surface area (Å²) in [4.78, 5) is 28.7. The molecule has 1 atom stereocenters. The zero-order chi connectivity index (χ0) is 22.3. The smallest absolute Gasteiger partial charge is 0.416 e. The van der Waals surface area contributed by atoms with Crippen molar-refractivity contribution >= 4 is 17.5 Å². The average Bonchev–Trinajstić information content (AvgIpc) is 3.05. The number of carbonyl (C=O) groups is 2. The first kappa shape index (κ1) is 20.3. The van der Waals surface area contributed by atoms with Gasteiger partial charge in [-0.05, 0) is 42.0 Å². The number of aromatic hydroxyl groups is 1. The van der Waals surface area contributed by atoms with Gasteiger partial charge in [0.05, 0.1) is 11.6 Å². The minimum Gasteiger partial charge on any atom is -0.493 e. The molecule has 3 N–H and O–H groups in total. The SMILES string of the molecule is O=C(Nc1cccc2c1C(c1ccnc(O)c1)NC2=O)c1cc(F)cc(C(F)(F)F)c1. The van der Waals surface area contributed by atoms with Crippen LogP contribution in [-0.4, -0.2) is 21.9 Å². The molecule has 2 aromatic carbocycles. The maximum Gasteiger partial charge on any atom is 0.416 e. The molecule has 0 spiro atoms. The Morgan fingerprint density at radius 1 is 1.13 bits per heavy atom. The number of anilines is 1. The molecule has 6 nitrogen and oxygen atoms in total. The minimum atomic E-state index is -4.82. The molecule has 1 unspecified atom stereocenters. The molecule has 0 bridgehead atoms. The molecule has 158 valence electrons. The van der Waals surface area contributed by atoms with E-state index < -0.39 is 41.0 Å². The van der Waals surface area contributed by atoms with Crippen molar-refractivity contribution in [2.45, 2.75) is 12.2 Å². The predicted octanol–water partition coefficient (Wildman–Crippen LogP) is 4.03. The second kappa shape index (κ2) is 7.38. The lowest BCUT2D eigenvalue weighted by molar-refractivity contribution is -0.137. The molecule has 0 saturated heterocycles. The van der Waals surface area contributed by atoms with Gasteiger partial charge in [-0.15, -0.1) is 0 Å². The van der Waals surface area contributed by atoms with Gasteiger partial charge in [0.15, 0.2) is 0 Å². The fraction of sp³-hybridized carbons (Fsp3) is 0.0952. The van der Waals surface area contributed by atoms with Crippen LogP contribution in [0.2, 0.25) is 0 Å². The zero-order valence-electron chi connectivity index (χ0n) is 15.5. The molecule has 1 aliphatic rings. The lowest BCUT2D eigenvalue weighted by Gasteiger charge is -2.17. The molecule has 0 saturated carbocycles. The van der Waals surface area contributed by atoms with Crippen molar-refractivity contribution in [1.29, 1.82) is 0 Å². The van der Waals surface area contributed by atoms with E-state index in [-0.39, 0.29) is 17.1 Å². The normalized spacial score (nSPS) is 15.4. The lowest BCUT2D eigenvalue weighted by Crippen LogP contribution is -2.20. The van der Waals surface area contributed by atoms with Gasteiger partial charge in [0.2, 0.25) is 5.88 Å². The Morgan fingerprint density at radius 2 is 1.90 bits per heavy atom. The van der Waals surface area contributed by atoms with Gasteiger partial charge in [0.25, 0.3) is 11.8 Å². The molecular weight excluding hydrogens is 418 g/mol. The topological polar surface area (TPSA) is 91.3 Å². The number of amides is 2. The number of pyridine rings is 1. The monoisotopic (exact) mass is 431 g/mol. The summed E-state index contributed by atoms with van der Waals surface area (Å²) >= 11 is 0. The van der Waals surface area contributed by atoms with Crippen LogP contribution in [-0.2, 0) is 6.18 Å². The summed E-state index contributed by atoms with van der Waals surface area (Å²) in [7, 11) is 0. The van der Waals surface area contributed by atoms with Crippen molar-refractivity contribution in [2.24, 2.45) is 0 Å². The van der Waals surface area contributed by atoms with Crippen LogP contribution in [0.3, 0.4) is 0 Å². The molecule has 2 amide bonds. The number of hydrogen-bond acceptors (Lipinski definition) is 4. The van der Waals surface area contributed by atoms with Crippen molar-refractivity contribution < 1.29 is 32.3 Å². The highest BCUT2D eigenvalue weighted by atomic mass is 19.4. The first-order valence-electron chi connectivity index (χ1n) is 8.91. The Labute approximate surface area is 172 Å². The van der Waals surface area contributed by atoms with E-state index in [1.807, 2.05) is 0 Å². The molecule has 0 aliphatic carbocycles. The molecule has 0 radical (unpaired) electrons. The predicted molar refractivity (Wildman–Crippen MR) is 101 cm³/mol. The number of halogens is 4. The molecule has 4 rings (SSSR count). The Bertz CT molecular complexity index is 1210. The van der Waals surface area contributed by atoms with Crippen LogP contribution >= 0.6 is 0 Å². The third kappa shape index (κ3) is 3.91. The van der Waals surface area contributed by atoms with Crippen LogP contribution in [0.15, 0.2) is 54.7 Å². The highest BCUT2D eigenvalue weighted by Gasteiger charge is 2.34. The number of fused-ring (bicyclic) bond motifs is 1. The fourth-order valence-corrected chi connectivity index (χ4v) is 3.41. The Balaban J connectivity index is 1.72. The van der Waals surface area contributed by atoms with E-state index in [0.717, 1.165) is 0 Å². The average molecular weight is 431 g/mol. The van der Waals surface area contributed by atoms with Crippen LogP contribution in [0, 0.1) is 5.82 Å². The lowest BCUT2D eigenvalue weighted by atomic mass is 9.97. The second-order valence-electron chi connectivity index (χ2n) is 6.80. The van der Waals surface area contributed by atoms with Gasteiger partial charge in [0, 0.05) is 34.6 Å². The molecule has 2 heterocycles. The van der Waals surface area contributed by atoms with E-state index in [1.54, 1.807) is 6.07 Å². The highest BCUT2D eigenvalue weighted by Crippen LogP contribution is 2.37. The molecule has 3 aromatic rings. The van der Waals surface area contributed by atoms with Crippen LogP contribution in [0.1, 0.15) is 43.4 Å². The maximum atomic E-state index is 13.7. The Morgan fingerprint density at radius 3 is 2.61 bits per heavy atom. The summed E-state index contributed by atoms with van der Waals surface area (Å²) in [5.41, 5.74) is -0.585. The third-order valence-corrected chi connectivity index (χ3v) is 4.75. The largest absolute Gasteiger partial charge is 0.493 e. The van der Waals surface area contributed by atoms with Gasteiger partial charge >= 0.3 is 6.18 Å². The number of rotatable bonds is 3. The molecule has 0 fully saturated rings. The van der Waals surface area contributed by atoms with Crippen LogP contribution < -0.4 is 10.6 Å². The number of nitrogens with one attached hydrogen (secondary N) is 2. The summed E-state index contributed by atoms with van der Waals surface area (Å²) in [6.07, 6.45) is -3.49. The first-order chi connectivity index (χ1) is 14.6. The van der Waals surface area contributed by atoms with Crippen molar-refractivity contribution in [3.8, 4) is 5.88 Å². The van der Waals surface area contributed by atoms with Gasteiger partial charge in [-0.25, -0.2) is 9.37 Å². The van der Waals surface area contributed by atoms with Crippen molar-refractivity contribution in [3.63, 3.8) is 0 Å². The Kier molecular flexibility index (Phi) is 4.84. The number of hydrogen-bond donors (Lipinski definition) is 3. The van der Waals surface area contributed by atoms with Crippen molar-refractivity contribution in [3.05, 3.63) is 88.4 Å². The summed E-state index contributed by atoms with van der Waals surface area (Å²) in [6.45, 7) is 0. The van der Waals surface area contributed by atoms with Gasteiger partial charge < -0.3 is 15.7 Å². The quantitative estimate of drug-likeness (QED) is 0.546. The number of alkyl halides is 3. The highest BCUT2D eigenvalue weighted by molar-refractivity contribution is 6.07. The molecular formula is C21H13F4N3O3. The van der Waals surface area contributed by atoms with Crippen molar-refractivity contribution in [1.82, 2.24) is 10.3 Å². The van der Waals surface area contributed by atoms with Crippen LogP contribution in [0.4, 0.5) is 23.2 Å². The summed E-state index contributed by atoms with van der Waals surface area (Å²) < 4.78 is 52.6. The van der Waals surface area contributed by atoms with E-state index in [2.05, 4.69) is 15.6 Å². The van der Waals surface area contributed by atoms with Crippen LogP contribution in [0.25, 0.3) is 0 Å². The summed E-state index contributed by atoms with van der Waals surface area (Å²) in [5.74, 6) is -2.90. The second-order valence-corrected chi connectivity index (χ2v) is 6.80. The van der Waals surface area contributed by atoms with Gasteiger partial charge in [-0.1, -0.05) is 6.07 Å². The fourth-order valence-electron chi connectivity index (χ4n) is 3.41. The van der Waals surface area contributed by atoms with E-state index >= 15 is 0 Å². The van der Waals surface area contributed by atoms with E-state index in [9.17, 15) is 32.3 Å². The van der Waals surface area contributed by atoms with E-state index in [1.165, 1.54) is 30.5 Å². The zero-order valence-corrected chi connectivity index (χ0v) is 15.5. The summed E-state index contributed by atoms with van der Waals surface area (Å²) in [5, 5.41) is 14.8. The minimum absolute atomic E-state index is 0.153. The Hall–Kier alpha value is -3.95. The number of nitrogens with zero attached hydrogens (tertiary/aromatic N) is 1. The van der Waals surface area contributed by atoms with Gasteiger partial charge in [-0.2, -0.15) is 13.2 Å². The summed E-state index contributed by atoms with van der Waals surface area (Å²) in [6, 6.07) is 8.16. The molecule has 10 heteroatoms. The number of aromatic nitrogens is 1. The number of benzene rings is 2. The van der Waals surface area contributed by atoms with Gasteiger partial charge in [0.1, 0.15) is 5.82 Å². The van der Waals surface area contributed by atoms with Gasteiger partial charge in [-0.3, -0.25) is 9.59 Å². The van der Waals surface area contributed by atoms with Crippen molar-refractivity contribution in [2.75, 3.05) is 5.32 Å². The molecule has 1 aliphatic heterocycles. The molecule has 1 aromatic heterocycles.